The van der Waals surface area contributed by atoms with Gasteiger partial charge in [-0.2, -0.15) is 5.26 Å². The van der Waals surface area contributed by atoms with Gasteiger partial charge >= 0.3 is 0 Å². The maximum Gasteiger partial charge on any atom is 0.222 e. The zero-order chi connectivity index (χ0) is 15.8. The molecule has 1 rings (SSSR count). The van der Waals surface area contributed by atoms with Crippen LogP contribution in [0.15, 0.2) is 24.3 Å². The first kappa shape index (κ1) is 17.2. The summed E-state index contributed by atoms with van der Waals surface area (Å²) in [7, 11) is 1.81. The molecule has 0 saturated heterocycles. The topological polar surface area (TPSA) is 70.1 Å². The molecule has 21 heavy (non-hydrogen) atoms. The fourth-order valence-electron chi connectivity index (χ4n) is 2.38. The molecular weight excluding hydrogens is 262 g/mol. The first-order valence-electron chi connectivity index (χ1n) is 7.39. The van der Waals surface area contributed by atoms with E-state index < -0.39 is 0 Å². The number of carbonyl (C=O) groups is 1. The third-order valence-corrected chi connectivity index (χ3v) is 3.53. The molecule has 0 unspecified atom stereocenters. The molecule has 2 N–H and O–H groups in total. The average Bonchev–Trinajstić information content (AvgIpc) is 2.46. The minimum atomic E-state index is 0.121. The summed E-state index contributed by atoms with van der Waals surface area (Å²) < 4.78 is 0. The highest BCUT2D eigenvalue weighted by Crippen LogP contribution is 2.16. The maximum atomic E-state index is 12.2. The minimum absolute atomic E-state index is 0.121. The Morgan fingerprint density at radius 2 is 1.95 bits per heavy atom. The lowest BCUT2D eigenvalue weighted by atomic mass is 9.94. The van der Waals surface area contributed by atoms with Crippen LogP contribution in [0.25, 0.3) is 0 Å². The fourth-order valence-corrected chi connectivity index (χ4v) is 2.38. The van der Waals surface area contributed by atoms with E-state index in [1.54, 1.807) is 17.0 Å². The van der Waals surface area contributed by atoms with Gasteiger partial charge in [0.2, 0.25) is 5.91 Å². The van der Waals surface area contributed by atoms with Gasteiger partial charge < -0.3 is 10.6 Å². The van der Waals surface area contributed by atoms with E-state index in [0.717, 1.165) is 12.0 Å². The van der Waals surface area contributed by atoms with Crippen molar-refractivity contribution in [3.8, 4) is 6.07 Å². The zero-order valence-electron chi connectivity index (χ0n) is 13.2. The van der Waals surface area contributed by atoms with Crippen molar-refractivity contribution in [1.82, 2.24) is 4.90 Å². The van der Waals surface area contributed by atoms with Crippen LogP contribution in [0.3, 0.4) is 0 Å². The minimum Gasteiger partial charge on any atom is -0.341 e. The summed E-state index contributed by atoms with van der Waals surface area (Å²) in [6, 6.07) is 9.41. The number of hydrogen-bond donors (Lipinski definition) is 1. The van der Waals surface area contributed by atoms with Gasteiger partial charge in [0, 0.05) is 20.0 Å². The smallest absolute Gasteiger partial charge is 0.222 e. The van der Waals surface area contributed by atoms with E-state index in [1.807, 2.05) is 19.2 Å². The molecule has 0 aliphatic carbocycles. The molecule has 4 heteroatoms. The molecule has 114 valence electrons. The summed E-state index contributed by atoms with van der Waals surface area (Å²) in [6.45, 7) is 5.40. The number of nitrogens with zero attached hydrogens (tertiary/aromatic N) is 2. The van der Waals surface area contributed by atoms with Crippen molar-refractivity contribution < 1.29 is 4.79 Å². The van der Waals surface area contributed by atoms with E-state index in [0.29, 0.717) is 31.0 Å². The second-order valence-electron chi connectivity index (χ2n) is 5.99. The first-order chi connectivity index (χ1) is 9.96. The van der Waals surface area contributed by atoms with Crippen molar-refractivity contribution in [1.29, 1.82) is 5.26 Å². The number of carbonyl (C=O) groups excluding carboxylic acids is 1. The van der Waals surface area contributed by atoms with Crippen LogP contribution < -0.4 is 5.73 Å². The molecule has 1 atom stereocenters. The highest BCUT2D eigenvalue weighted by atomic mass is 16.2. The van der Waals surface area contributed by atoms with Crippen LogP contribution in [-0.4, -0.2) is 24.4 Å². The Balaban J connectivity index is 2.55. The van der Waals surface area contributed by atoms with Crippen LogP contribution in [0, 0.1) is 23.2 Å². The van der Waals surface area contributed by atoms with Crippen molar-refractivity contribution in [2.75, 3.05) is 13.6 Å². The SMILES string of the molecule is CC(C)C[C@H](CN)CC(=O)N(C)Cc1ccc(C#N)cc1. The monoisotopic (exact) mass is 287 g/mol. The Morgan fingerprint density at radius 3 is 2.43 bits per heavy atom. The number of amides is 1. The third kappa shape index (κ3) is 5.97. The third-order valence-electron chi connectivity index (χ3n) is 3.53. The molecule has 0 aliphatic rings. The highest BCUT2D eigenvalue weighted by molar-refractivity contribution is 5.76. The number of benzene rings is 1. The summed E-state index contributed by atoms with van der Waals surface area (Å²) >= 11 is 0. The summed E-state index contributed by atoms with van der Waals surface area (Å²) in [4.78, 5) is 14.0. The summed E-state index contributed by atoms with van der Waals surface area (Å²) in [5.74, 6) is 0.923. The van der Waals surface area contributed by atoms with E-state index in [-0.39, 0.29) is 11.8 Å². The van der Waals surface area contributed by atoms with Gasteiger partial charge in [-0.25, -0.2) is 0 Å². The Labute approximate surface area is 127 Å². The van der Waals surface area contributed by atoms with Gasteiger partial charge in [0.25, 0.3) is 0 Å². The normalized spacial score (nSPS) is 12.0. The summed E-state index contributed by atoms with van der Waals surface area (Å²) in [5, 5.41) is 8.77. The summed E-state index contributed by atoms with van der Waals surface area (Å²) in [5.41, 5.74) is 7.41. The molecule has 4 nitrogen and oxygen atoms in total. The Hall–Kier alpha value is -1.86. The van der Waals surface area contributed by atoms with Crippen LogP contribution in [0.1, 0.15) is 37.8 Å². The van der Waals surface area contributed by atoms with E-state index in [4.69, 9.17) is 11.0 Å². The number of hydrogen-bond acceptors (Lipinski definition) is 3. The van der Waals surface area contributed by atoms with E-state index in [9.17, 15) is 4.79 Å². The predicted octanol–water partition coefficient (Wildman–Crippen LogP) is 2.53. The lowest BCUT2D eigenvalue weighted by molar-refractivity contribution is -0.131. The molecule has 0 saturated carbocycles. The maximum absolute atomic E-state index is 12.2. The van der Waals surface area contributed by atoms with Gasteiger partial charge in [-0.05, 0) is 42.5 Å². The van der Waals surface area contributed by atoms with Crippen LogP contribution in [-0.2, 0) is 11.3 Å². The second-order valence-corrected chi connectivity index (χ2v) is 5.99. The zero-order valence-corrected chi connectivity index (χ0v) is 13.2. The van der Waals surface area contributed by atoms with Gasteiger partial charge in [0.05, 0.1) is 11.6 Å². The molecule has 1 amide bonds. The molecule has 0 fully saturated rings. The van der Waals surface area contributed by atoms with Crippen LogP contribution in [0.5, 0.6) is 0 Å². The summed E-state index contributed by atoms with van der Waals surface area (Å²) in [6.07, 6.45) is 1.48. The number of nitrogens with two attached hydrogens (primary N) is 1. The molecule has 1 aromatic rings. The molecular formula is C17H25N3O. The fraction of sp³-hybridized carbons (Fsp3) is 0.529. The molecule has 0 radical (unpaired) electrons. The van der Waals surface area contributed by atoms with Gasteiger partial charge in [0.15, 0.2) is 0 Å². The Morgan fingerprint density at radius 1 is 1.33 bits per heavy atom. The molecule has 1 aromatic carbocycles. The first-order valence-corrected chi connectivity index (χ1v) is 7.39. The van der Waals surface area contributed by atoms with Gasteiger partial charge in [-0.15, -0.1) is 0 Å². The molecule has 0 aromatic heterocycles. The van der Waals surface area contributed by atoms with Crippen molar-refractivity contribution >= 4 is 5.91 Å². The van der Waals surface area contributed by atoms with E-state index >= 15 is 0 Å². The van der Waals surface area contributed by atoms with Crippen molar-refractivity contribution in [2.24, 2.45) is 17.6 Å². The molecule has 0 spiro atoms. The van der Waals surface area contributed by atoms with Crippen LogP contribution in [0.4, 0.5) is 0 Å². The van der Waals surface area contributed by atoms with E-state index in [2.05, 4.69) is 19.9 Å². The lowest BCUT2D eigenvalue weighted by Gasteiger charge is -2.22. The quantitative estimate of drug-likeness (QED) is 0.837. The predicted molar refractivity (Wildman–Crippen MR) is 84.2 cm³/mol. The largest absolute Gasteiger partial charge is 0.341 e. The number of nitriles is 1. The van der Waals surface area contributed by atoms with E-state index in [1.165, 1.54) is 0 Å². The Bertz CT molecular complexity index is 488. The average molecular weight is 287 g/mol. The lowest BCUT2D eigenvalue weighted by Crippen LogP contribution is -2.30. The van der Waals surface area contributed by atoms with Gasteiger partial charge in [0.1, 0.15) is 0 Å². The molecule has 0 bridgehead atoms. The van der Waals surface area contributed by atoms with Crippen molar-refractivity contribution in [3.63, 3.8) is 0 Å². The second kappa shape index (κ2) is 8.43. The van der Waals surface area contributed by atoms with Gasteiger partial charge in [-0.3, -0.25) is 4.79 Å². The Kier molecular flexibility index (Phi) is 6.90. The van der Waals surface area contributed by atoms with Crippen molar-refractivity contribution in [2.45, 2.75) is 33.2 Å². The molecule has 0 aliphatic heterocycles. The highest BCUT2D eigenvalue weighted by Gasteiger charge is 2.17. The standard InChI is InChI=1S/C17H25N3O/c1-13(2)8-16(11-19)9-17(21)20(3)12-15-6-4-14(10-18)5-7-15/h4-7,13,16H,8-9,11-12,19H2,1-3H3/t16-/m0/s1. The number of rotatable bonds is 7. The van der Waals surface area contributed by atoms with Gasteiger partial charge in [-0.1, -0.05) is 26.0 Å². The van der Waals surface area contributed by atoms with Crippen LogP contribution >= 0.6 is 0 Å². The van der Waals surface area contributed by atoms with Crippen LogP contribution in [0.2, 0.25) is 0 Å². The molecule has 0 heterocycles. The van der Waals surface area contributed by atoms with Crippen molar-refractivity contribution in [3.05, 3.63) is 35.4 Å².